The highest BCUT2D eigenvalue weighted by atomic mass is 19.1. The average Bonchev–Trinajstić information content (AvgIpc) is 3.17. The van der Waals surface area contributed by atoms with Gasteiger partial charge in [-0.05, 0) is 47.5 Å². The molecule has 5 rings (SSSR count). The first-order chi connectivity index (χ1) is 14.5. The van der Waals surface area contributed by atoms with Crippen LogP contribution in [0.5, 0.6) is 0 Å². The zero-order chi connectivity index (χ0) is 20.8. The molecule has 0 bridgehead atoms. The fraction of sp³-hybridized carbons (Fsp3) is 0.0870. The molecular formula is C23H15F3N4. The Bertz CT molecular complexity index is 1390. The lowest BCUT2D eigenvalue weighted by Crippen LogP contribution is -2.04. The van der Waals surface area contributed by atoms with Gasteiger partial charge < -0.3 is 0 Å². The van der Waals surface area contributed by atoms with Crippen molar-refractivity contribution in [1.82, 2.24) is 19.6 Å². The summed E-state index contributed by atoms with van der Waals surface area (Å²) in [5.74, 6) is -1.76. The van der Waals surface area contributed by atoms with Gasteiger partial charge in [0.1, 0.15) is 17.5 Å². The molecule has 0 saturated heterocycles. The Morgan fingerprint density at radius 1 is 0.867 bits per heavy atom. The summed E-state index contributed by atoms with van der Waals surface area (Å²) in [5.41, 5.74) is 2.46. The summed E-state index contributed by atoms with van der Waals surface area (Å²) in [5, 5.41) is 9.15. The minimum atomic E-state index is -0.729. The Kier molecular flexibility index (Phi) is 4.24. The highest BCUT2D eigenvalue weighted by Crippen LogP contribution is 2.29. The minimum Gasteiger partial charge on any atom is -0.283 e. The molecule has 0 aliphatic rings. The number of nitrogens with zero attached hydrogens (tertiary/aromatic N) is 4. The van der Waals surface area contributed by atoms with E-state index in [4.69, 9.17) is 0 Å². The van der Waals surface area contributed by atoms with Crippen molar-refractivity contribution in [1.29, 1.82) is 0 Å². The summed E-state index contributed by atoms with van der Waals surface area (Å²) >= 11 is 0. The molecule has 30 heavy (non-hydrogen) atoms. The van der Waals surface area contributed by atoms with Crippen LogP contribution in [0, 0.1) is 17.5 Å². The molecule has 7 heteroatoms. The highest BCUT2D eigenvalue weighted by Gasteiger charge is 2.19. The third kappa shape index (κ3) is 3.08. The Labute approximate surface area is 169 Å². The van der Waals surface area contributed by atoms with Crippen LogP contribution < -0.4 is 0 Å². The zero-order valence-corrected chi connectivity index (χ0v) is 15.9. The Morgan fingerprint density at radius 3 is 2.47 bits per heavy atom. The maximum absolute atomic E-state index is 14.7. The predicted molar refractivity (Wildman–Crippen MR) is 108 cm³/mol. The average molecular weight is 404 g/mol. The van der Waals surface area contributed by atoms with Crippen LogP contribution in [0.4, 0.5) is 13.2 Å². The Balaban J connectivity index is 1.64. The van der Waals surface area contributed by atoms with Crippen LogP contribution in [0.3, 0.4) is 0 Å². The van der Waals surface area contributed by atoms with Crippen molar-refractivity contribution in [2.45, 2.75) is 12.8 Å². The molecular weight excluding hydrogens is 389 g/mol. The van der Waals surface area contributed by atoms with Crippen LogP contribution >= 0.6 is 0 Å². The molecule has 4 nitrogen and oxygen atoms in total. The van der Waals surface area contributed by atoms with E-state index in [0.29, 0.717) is 11.4 Å². The molecule has 1 unspecified atom stereocenters. The van der Waals surface area contributed by atoms with E-state index in [0.717, 1.165) is 34.7 Å². The van der Waals surface area contributed by atoms with Gasteiger partial charge in [-0.1, -0.05) is 19.1 Å². The minimum absolute atomic E-state index is 0.0555. The van der Waals surface area contributed by atoms with Crippen molar-refractivity contribution < 1.29 is 13.2 Å². The van der Waals surface area contributed by atoms with E-state index >= 15 is 0 Å². The van der Waals surface area contributed by atoms with Gasteiger partial charge in [-0.2, -0.15) is 0 Å². The third-order valence-electron chi connectivity index (χ3n) is 5.20. The number of hydrogen-bond acceptors (Lipinski definition) is 3. The quantitative estimate of drug-likeness (QED) is 0.398. The summed E-state index contributed by atoms with van der Waals surface area (Å²) in [4.78, 5) is 4.32. The van der Waals surface area contributed by atoms with Crippen molar-refractivity contribution in [2.24, 2.45) is 0 Å². The molecule has 0 N–H and O–H groups in total. The van der Waals surface area contributed by atoms with E-state index in [1.54, 1.807) is 12.4 Å². The van der Waals surface area contributed by atoms with E-state index < -0.39 is 17.5 Å². The van der Waals surface area contributed by atoms with Crippen molar-refractivity contribution in [3.8, 4) is 11.1 Å². The van der Waals surface area contributed by atoms with Crippen molar-refractivity contribution in [3.63, 3.8) is 0 Å². The number of pyridine rings is 2. The molecule has 0 aliphatic heterocycles. The van der Waals surface area contributed by atoms with Crippen molar-refractivity contribution in [3.05, 3.63) is 95.8 Å². The second kappa shape index (κ2) is 6.95. The maximum atomic E-state index is 14.7. The molecule has 0 radical (unpaired) electrons. The molecule has 3 aromatic heterocycles. The van der Waals surface area contributed by atoms with Crippen molar-refractivity contribution >= 4 is 16.6 Å². The second-order valence-electron chi connectivity index (χ2n) is 7.16. The van der Waals surface area contributed by atoms with Crippen LogP contribution in [0.15, 0.2) is 67.0 Å². The summed E-state index contributed by atoms with van der Waals surface area (Å²) in [6.45, 7) is 1.94. The fourth-order valence-corrected chi connectivity index (χ4v) is 3.66. The highest BCUT2D eigenvalue weighted by molar-refractivity contribution is 5.79. The monoisotopic (exact) mass is 404 g/mol. The third-order valence-corrected chi connectivity index (χ3v) is 5.20. The zero-order valence-electron chi connectivity index (χ0n) is 15.9. The van der Waals surface area contributed by atoms with Gasteiger partial charge in [-0.25, -0.2) is 13.2 Å². The number of benzene rings is 2. The molecule has 0 spiro atoms. The van der Waals surface area contributed by atoms with Gasteiger partial charge in [0.15, 0.2) is 11.5 Å². The first kappa shape index (κ1) is 18.3. The second-order valence-corrected chi connectivity index (χ2v) is 7.16. The lowest BCUT2D eigenvalue weighted by Gasteiger charge is -2.12. The predicted octanol–water partition coefficient (Wildman–Crippen LogP) is 5.51. The van der Waals surface area contributed by atoms with Gasteiger partial charge in [0, 0.05) is 35.3 Å². The lowest BCUT2D eigenvalue weighted by molar-refractivity contribution is 0.584. The van der Waals surface area contributed by atoms with Gasteiger partial charge in [0.25, 0.3) is 0 Å². The van der Waals surface area contributed by atoms with E-state index in [1.165, 1.54) is 10.5 Å². The maximum Gasteiger partial charge on any atom is 0.196 e. The Hall–Kier alpha value is -3.74. The number of fused-ring (bicyclic) bond motifs is 2. The van der Waals surface area contributed by atoms with Gasteiger partial charge in [-0.15, -0.1) is 10.2 Å². The van der Waals surface area contributed by atoms with E-state index in [9.17, 15) is 13.2 Å². The fourth-order valence-electron chi connectivity index (χ4n) is 3.66. The number of rotatable bonds is 3. The molecule has 0 saturated carbocycles. The smallest absolute Gasteiger partial charge is 0.196 e. The van der Waals surface area contributed by atoms with Crippen LogP contribution in [-0.2, 0) is 0 Å². The van der Waals surface area contributed by atoms with Gasteiger partial charge in [0.2, 0.25) is 0 Å². The topological polar surface area (TPSA) is 43.1 Å². The molecule has 0 amide bonds. The van der Waals surface area contributed by atoms with Crippen LogP contribution in [0.2, 0.25) is 0 Å². The van der Waals surface area contributed by atoms with Gasteiger partial charge >= 0.3 is 0 Å². The van der Waals surface area contributed by atoms with Gasteiger partial charge in [-0.3, -0.25) is 9.38 Å². The number of aromatic nitrogens is 4. The molecule has 1 atom stereocenters. The first-order valence-electron chi connectivity index (χ1n) is 9.35. The Morgan fingerprint density at radius 2 is 1.67 bits per heavy atom. The number of halogens is 3. The molecule has 148 valence electrons. The normalized spacial score (nSPS) is 12.5. The largest absolute Gasteiger partial charge is 0.283 e. The summed E-state index contributed by atoms with van der Waals surface area (Å²) in [6, 6.07) is 14.0. The molecule has 5 aromatic rings. The summed E-state index contributed by atoms with van der Waals surface area (Å²) in [7, 11) is 0. The van der Waals surface area contributed by atoms with Gasteiger partial charge in [0.05, 0.1) is 5.52 Å². The molecule has 2 aromatic carbocycles. The molecule has 0 aliphatic carbocycles. The van der Waals surface area contributed by atoms with E-state index in [2.05, 4.69) is 15.2 Å². The van der Waals surface area contributed by atoms with Crippen molar-refractivity contribution in [2.75, 3.05) is 0 Å². The van der Waals surface area contributed by atoms with E-state index in [1.807, 2.05) is 37.3 Å². The van der Waals surface area contributed by atoms with Crippen LogP contribution in [0.1, 0.15) is 24.2 Å². The first-order valence-corrected chi connectivity index (χ1v) is 9.35. The van der Waals surface area contributed by atoms with E-state index in [-0.39, 0.29) is 17.1 Å². The lowest BCUT2D eigenvalue weighted by atomic mass is 9.98. The van der Waals surface area contributed by atoms with Crippen LogP contribution in [-0.4, -0.2) is 19.6 Å². The molecule has 0 fully saturated rings. The summed E-state index contributed by atoms with van der Waals surface area (Å²) < 4.78 is 43.5. The SMILES string of the molecule is CC(c1ccc2ncccc2c1)c1nnc2c(F)cc(-c3cc(F)cc(F)c3)cn12. The van der Waals surface area contributed by atoms with Crippen LogP contribution in [0.25, 0.3) is 27.7 Å². The number of hydrogen-bond donors (Lipinski definition) is 0. The standard InChI is InChI=1S/C23H15F3N4/c1-13(14-4-5-21-15(7-14)3-2-6-27-21)22-28-29-23-20(26)10-17(12-30(22)23)16-8-18(24)11-19(25)9-16/h2-13H,1H3. The molecule has 3 heterocycles. The summed E-state index contributed by atoms with van der Waals surface area (Å²) in [6.07, 6.45) is 3.33.